The van der Waals surface area contributed by atoms with E-state index < -0.39 is 21.9 Å². The van der Waals surface area contributed by atoms with Crippen LogP contribution >= 0.6 is 0 Å². The largest absolute Gasteiger partial charge is 0.469 e. The van der Waals surface area contributed by atoms with Crippen LogP contribution in [0.3, 0.4) is 0 Å². The lowest BCUT2D eigenvalue weighted by Gasteiger charge is -2.19. The van der Waals surface area contributed by atoms with Gasteiger partial charge in [0.05, 0.1) is 9.85 Å². The Hall–Kier alpha value is -4.27. The third-order valence-electron chi connectivity index (χ3n) is 4.26. The lowest BCUT2D eigenvalue weighted by Crippen LogP contribution is -2.26. The van der Waals surface area contributed by atoms with Gasteiger partial charge in [0.1, 0.15) is 5.69 Å². The molecular weight excluding hydrogens is 390 g/mol. The van der Waals surface area contributed by atoms with E-state index in [1.807, 2.05) is 0 Å². The molecule has 3 aromatic carbocycles. The van der Waals surface area contributed by atoms with Crippen LogP contribution in [0.1, 0.15) is 17.2 Å². The number of carbonyl (C=O) groups excluding carboxylic acids is 1. The highest BCUT2D eigenvalue weighted by molar-refractivity contribution is 5.97. The topological polar surface area (TPSA) is 125 Å². The third kappa shape index (κ3) is 4.58. The summed E-state index contributed by atoms with van der Waals surface area (Å²) in [5, 5.41) is 25.2. The van der Waals surface area contributed by atoms with Crippen molar-refractivity contribution in [3.63, 3.8) is 0 Å². The predicted octanol–water partition coefficient (Wildman–Crippen LogP) is 4.57. The van der Waals surface area contributed by atoms with Crippen LogP contribution in [0.2, 0.25) is 0 Å². The number of para-hydroxylation sites is 2. The second kappa shape index (κ2) is 8.82. The number of hydrogen-bond acceptors (Lipinski definition) is 6. The van der Waals surface area contributed by atoms with E-state index in [4.69, 9.17) is 4.74 Å². The molecule has 0 aliphatic carbocycles. The Labute approximate surface area is 171 Å². The Bertz CT molecular complexity index is 1100. The van der Waals surface area contributed by atoms with E-state index in [-0.39, 0.29) is 22.8 Å². The van der Waals surface area contributed by atoms with Gasteiger partial charge in [-0.25, -0.2) is 0 Å². The van der Waals surface area contributed by atoms with Crippen molar-refractivity contribution in [1.29, 1.82) is 0 Å². The summed E-state index contributed by atoms with van der Waals surface area (Å²) in [5.74, 6) is -0.795. The van der Waals surface area contributed by atoms with Crippen LogP contribution in [0.5, 0.6) is 5.75 Å². The molecule has 3 aromatic rings. The number of nitro groups is 2. The van der Waals surface area contributed by atoms with Gasteiger partial charge >= 0.3 is 5.69 Å². The van der Waals surface area contributed by atoms with E-state index in [0.717, 1.165) is 0 Å². The Kier molecular flexibility index (Phi) is 6.02. The summed E-state index contributed by atoms with van der Waals surface area (Å²) in [5.41, 5.74) is 0.537. The number of carbonyl (C=O) groups is 1. The average Bonchev–Trinajstić information content (AvgIpc) is 2.73. The second-order valence-corrected chi connectivity index (χ2v) is 6.40. The summed E-state index contributed by atoms with van der Waals surface area (Å²) in [6.45, 7) is 1.70. The maximum Gasteiger partial charge on any atom is 0.310 e. The van der Waals surface area contributed by atoms with Gasteiger partial charge in [-0.05, 0) is 24.6 Å². The van der Waals surface area contributed by atoms with Gasteiger partial charge in [0, 0.05) is 17.7 Å². The normalized spacial score (nSPS) is 11.4. The molecule has 0 saturated carbocycles. The molecule has 0 aliphatic heterocycles. The number of ether oxygens (including phenoxy) is 1. The molecule has 1 N–H and O–H groups in total. The number of nitrogens with zero attached hydrogens (tertiary/aromatic N) is 2. The molecule has 0 unspecified atom stereocenters. The number of hydrogen-bond donors (Lipinski definition) is 1. The first-order valence-corrected chi connectivity index (χ1v) is 8.87. The Morgan fingerprint density at radius 2 is 1.53 bits per heavy atom. The number of aryl methyl sites for hydroxylation is 1. The highest BCUT2D eigenvalue weighted by Crippen LogP contribution is 2.32. The van der Waals surface area contributed by atoms with Crippen LogP contribution in [0.25, 0.3) is 0 Å². The first-order valence-electron chi connectivity index (χ1n) is 8.87. The van der Waals surface area contributed by atoms with Gasteiger partial charge in [-0.3, -0.25) is 25.0 Å². The van der Waals surface area contributed by atoms with Crippen molar-refractivity contribution < 1.29 is 19.4 Å². The Balaban J connectivity index is 1.97. The lowest BCUT2D eigenvalue weighted by molar-refractivity contribution is -0.386. The van der Waals surface area contributed by atoms with Crippen LogP contribution in [0, 0.1) is 27.2 Å². The summed E-state index contributed by atoms with van der Waals surface area (Å²) in [6, 6.07) is 18.5. The fourth-order valence-corrected chi connectivity index (χ4v) is 2.83. The molecule has 3 rings (SSSR count). The molecule has 0 heterocycles. The number of anilines is 1. The zero-order chi connectivity index (χ0) is 21.7. The number of nitro benzene ring substituents is 2. The molecule has 1 amide bonds. The van der Waals surface area contributed by atoms with Crippen molar-refractivity contribution in [2.45, 2.75) is 13.0 Å². The average molecular weight is 407 g/mol. The van der Waals surface area contributed by atoms with E-state index in [9.17, 15) is 25.0 Å². The lowest BCUT2D eigenvalue weighted by atomic mass is 10.1. The van der Waals surface area contributed by atoms with Gasteiger partial charge in [-0.1, -0.05) is 48.5 Å². The molecule has 0 aliphatic rings. The first kappa shape index (κ1) is 20.5. The third-order valence-corrected chi connectivity index (χ3v) is 4.26. The molecular formula is C21H17N3O6. The van der Waals surface area contributed by atoms with Gasteiger partial charge in [0.25, 0.3) is 11.6 Å². The first-order chi connectivity index (χ1) is 14.4. The Morgan fingerprint density at radius 1 is 0.900 bits per heavy atom. The molecule has 1 atom stereocenters. The van der Waals surface area contributed by atoms with E-state index in [1.54, 1.807) is 49.4 Å². The number of nitrogens with one attached hydrogen (secondary N) is 1. The van der Waals surface area contributed by atoms with Crippen molar-refractivity contribution in [3.8, 4) is 5.75 Å². The molecule has 9 heteroatoms. The highest BCUT2D eigenvalue weighted by atomic mass is 16.6. The fourth-order valence-electron chi connectivity index (χ4n) is 2.83. The molecule has 30 heavy (non-hydrogen) atoms. The van der Waals surface area contributed by atoms with Crippen LogP contribution in [0.15, 0.2) is 72.8 Å². The van der Waals surface area contributed by atoms with Crippen molar-refractivity contribution in [2.24, 2.45) is 0 Å². The maximum atomic E-state index is 13.0. The molecule has 0 bridgehead atoms. The monoisotopic (exact) mass is 407 g/mol. The number of rotatable bonds is 7. The van der Waals surface area contributed by atoms with Gasteiger partial charge in [-0.15, -0.1) is 0 Å². The summed E-state index contributed by atoms with van der Waals surface area (Å²) < 4.78 is 5.73. The highest BCUT2D eigenvalue weighted by Gasteiger charge is 2.28. The minimum absolute atomic E-state index is 0.00249. The standard InChI is InChI=1S/C21H17N3O6/c1-14-11-12-16(18(13-14)24(28)29)22-21(25)20(15-7-3-2-4-8-15)30-19-10-6-5-9-17(19)23(26)27/h2-13,20H,1H3,(H,22,25)/t20-/m0/s1. The number of benzene rings is 3. The van der Waals surface area contributed by atoms with Crippen molar-refractivity contribution >= 4 is 23.0 Å². The molecule has 9 nitrogen and oxygen atoms in total. The molecule has 0 radical (unpaired) electrons. The van der Waals surface area contributed by atoms with Crippen molar-refractivity contribution in [2.75, 3.05) is 5.32 Å². The van der Waals surface area contributed by atoms with Crippen molar-refractivity contribution in [1.82, 2.24) is 0 Å². The van der Waals surface area contributed by atoms with Crippen LogP contribution in [0.4, 0.5) is 17.1 Å². The summed E-state index contributed by atoms with van der Waals surface area (Å²) >= 11 is 0. The summed E-state index contributed by atoms with van der Waals surface area (Å²) in [7, 11) is 0. The molecule has 152 valence electrons. The minimum atomic E-state index is -1.27. The molecule has 0 saturated heterocycles. The van der Waals surface area contributed by atoms with E-state index >= 15 is 0 Å². The van der Waals surface area contributed by atoms with Gasteiger partial charge < -0.3 is 10.1 Å². The summed E-state index contributed by atoms with van der Waals surface area (Å²) in [6.07, 6.45) is -1.27. The van der Waals surface area contributed by atoms with Crippen molar-refractivity contribution in [3.05, 3.63) is 104 Å². The zero-order valence-corrected chi connectivity index (χ0v) is 15.8. The smallest absolute Gasteiger partial charge is 0.310 e. The van der Waals surface area contributed by atoms with Gasteiger partial charge in [0.2, 0.25) is 6.10 Å². The van der Waals surface area contributed by atoms with Gasteiger partial charge in [-0.2, -0.15) is 0 Å². The maximum absolute atomic E-state index is 13.0. The van der Waals surface area contributed by atoms with Crippen LogP contribution in [-0.4, -0.2) is 15.8 Å². The molecule has 0 spiro atoms. The number of amides is 1. The summed E-state index contributed by atoms with van der Waals surface area (Å²) in [4.78, 5) is 34.5. The molecule has 0 fully saturated rings. The van der Waals surface area contributed by atoms with E-state index in [2.05, 4.69) is 5.32 Å². The molecule has 0 aromatic heterocycles. The van der Waals surface area contributed by atoms with Gasteiger partial charge in [0.15, 0.2) is 5.75 Å². The predicted molar refractivity (Wildman–Crippen MR) is 109 cm³/mol. The minimum Gasteiger partial charge on any atom is -0.469 e. The van der Waals surface area contributed by atoms with E-state index in [0.29, 0.717) is 11.1 Å². The van der Waals surface area contributed by atoms with Crippen LogP contribution < -0.4 is 10.1 Å². The zero-order valence-electron chi connectivity index (χ0n) is 15.8. The quantitative estimate of drug-likeness (QED) is 0.452. The van der Waals surface area contributed by atoms with Crippen LogP contribution in [-0.2, 0) is 4.79 Å². The fraction of sp³-hybridized carbons (Fsp3) is 0.0952. The second-order valence-electron chi connectivity index (χ2n) is 6.40. The Morgan fingerprint density at radius 3 is 2.20 bits per heavy atom. The SMILES string of the molecule is Cc1ccc(NC(=O)[C@@H](Oc2ccccc2[N+](=O)[O-])c2ccccc2)c([N+](=O)[O-])c1. The van der Waals surface area contributed by atoms with E-state index in [1.165, 1.54) is 30.3 Å².